The molecule has 3 atom stereocenters. The summed E-state index contributed by atoms with van der Waals surface area (Å²) in [7, 11) is 0. The van der Waals surface area contributed by atoms with Gasteiger partial charge in [-0.3, -0.25) is 9.59 Å². The number of Topliss-reactive ketones (excluding diaryl/α,β-unsaturated/α-hetero) is 1. The van der Waals surface area contributed by atoms with Gasteiger partial charge in [0.15, 0.2) is 10.8 Å². The molecular formula is C26H33F3N4O3S. The van der Waals surface area contributed by atoms with Gasteiger partial charge < -0.3 is 15.3 Å². The van der Waals surface area contributed by atoms with E-state index >= 15 is 0 Å². The number of likely N-dealkylation sites (tertiary alicyclic amines) is 1. The van der Waals surface area contributed by atoms with Gasteiger partial charge in [0, 0.05) is 35.8 Å². The van der Waals surface area contributed by atoms with E-state index in [0.29, 0.717) is 19.4 Å². The largest absolute Gasteiger partial charge is 0.417 e. The normalized spacial score (nSPS) is 24.5. The molecule has 7 nitrogen and oxygen atoms in total. The molecule has 4 rings (SSSR count). The van der Waals surface area contributed by atoms with Gasteiger partial charge in [-0.05, 0) is 72.8 Å². The summed E-state index contributed by atoms with van der Waals surface area (Å²) < 4.78 is 42.8. The summed E-state index contributed by atoms with van der Waals surface area (Å²) in [6.45, 7) is 9.46. The van der Waals surface area contributed by atoms with E-state index in [4.69, 9.17) is 0 Å². The van der Waals surface area contributed by atoms with Crippen molar-refractivity contribution in [2.75, 3.05) is 11.9 Å². The van der Waals surface area contributed by atoms with Crippen molar-refractivity contribution in [3.05, 3.63) is 28.5 Å². The quantitative estimate of drug-likeness (QED) is 0.468. The number of pyridine rings is 1. The Labute approximate surface area is 218 Å². The van der Waals surface area contributed by atoms with E-state index in [1.807, 2.05) is 27.7 Å². The van der Waals surface area contributed by atoms with E-state index in [9.17, 15) is 27.9 Å². The molecule has 1 saturated carbocycles. The number of aromatic nitrogens is 2. The minimum atomic E-state index is -4.73. The molecule has 0 aromatic carbocycles. The summed E-state index contributed by atoms with van der Waals surface area (Å²) in [5.74, 6) is -1.29. The third kappa shape index (κ3) is 5.98. The van der Waals surface area contributed by atoms with Crippen molar-refractivity contribution < 1.29 is 27.9 Å². The Morgan fingerprint density at radius 2 is 1.95 bits per heavy atom. The molecule has 0 bridgehead atoms. The lowest BCUT2D eigenvalue weighted by molar-refractivity contribution is -0.137. The van der Waals surface area contributed by atoms with Crippen molar-refractivity contribution in [3.8, 4) is 10.4 Å². The van der Waals surface area contributed by atoms with Crippen LogP contribution in [-0.4, -0.2) is 55.4 Å². The van der Waals surface area contributed by atoms with Gasteiger partial charge in [-0.15, -0.1) is 11.3 Å². The lowest BCUT2D eigenvalue weighted by Crippen LogP contribution is -2.34. The van der Waals surface area contributed by atoms with Crippen LogP contribution in [0.3, 0.4) is 0 Å². The Balaban J connectivity index is 1.83. The van der Waals surface area contributed by atoms with Crippen LogP contribution in [0, 0.1) is 5.92 Å². The molecule has 2 fully saturated rings. The Kier molecular flexibility index (Phi) is 7.17. The smallest absolute Gasteiger partial charge is 0.390 e. The highest BCUT2D eigenvalue weighted by Gasteiger charge is 2.41. The van der Waals surface area contributed by atoms with Crippen LogP contribution >= 0.6 is 11.3 Å². The highest BCUT2D eigenvalue weighted by Crippen LogP contribution is 2.43. The fourth-order valence-corrected chi connectivity index (χ4v) is 6.17. The van der Waals surface area contributed by atoms with E-state index in [1.54, 1.807) is 11.8 Å². The van der Waals surface area contributed by atoms with E-state index in [2.05, 4.69) is 15.3 Å². The first kappa shape index (κ1) is 27.5. The average molecular weight is 539 g/mol. The molecule has 0 spiro atoms. The first-order valence-electron chi connectivity index (χ1n) is 12.5. The molecule has 1 aliphatic heterocycles. The fourth-order valence-electron chi connectivity index (χ4n) is 5.07. The summed E-state index contributed by atoms with van der Waals surface area (Å²) in [4.78, 5) is 37.0. The van der Waals surface area contributed by atoms with Gasteiger partial charge in [-0.25, -0.2) is 9.97 Å². The van der Waals surface area contributed by atoms with Crippen LogP contribution in [0.5, 0.6) is 0 Å². The molecule has 202 valence electrons. The molecule has 2 aliphatic rings. The zero-order chi connectivity index (χ0) is 27.3. The predicted octanol–water partition coefficient (Wildman–Crippen LogP) is 5.79. The predicted molar refractivity (Wildman–Crippen MR) is 136 cm³/mol. The highest BCUT2D eigenvalue weighted by atomic mass is 32.1. The third-order valence-electron chi connectivity index (χ3n) is 6.90. The first-order valence-corrected chi connectivity index (χ1v) is 13.3. The Morgan fingerprint density at radius 3 is 2.49 bits per heavy atom. The van der Waals surface area contributed by atoms with Crippen LogP contribution in [0.4, 0.5) is 19.0 Å². The van der Waals surface area contributed by atoms with Crippen molar-refractivity contribution in [1.29, 1.82) is 0 Å². The summed E-state index contributed by atoms with van der Waals surface area (Å²) >= 11 is 0.795. The molecule has 0 radical (unpaired) electrons. The number of carbonyl (C=O) groups excluding carboxylic acids is 2. The maximum Gasteiger partial charge on any atom is 0.417 e. The molecule has 11 heteroatoms. The number of hydrogen-bond donors (Lipinski definition) is 2. The second-order valence-electron chi connectivity index (χ2n) is 11.5. The number of aliphatic hydroxyl groups is 1. The number of amides is 1. The first-order chi connectivity index (χ1) is 17.1. The molecule has 1 saturated heterocycles. The number of nitrogens with one attached hydrogen (secondary N) is 1. The van der Waals surface area contributed by atoms with Gasteiger partial charge in [0.05, 0.1) is 16.0 Å². The molecule has 2 N–H and O–H groups in total. The summed E-state index contributed by atoms with van der Waals surface area (Å²) in [5, 5.41) is 13.3. The van der Waals surface area contributed by atoms with Gasteiger partial charge in [-0.2, -0.15) is 13.2 Å². The van der Waals surface area contributed by atoms with Crippen LogP contribution in [0.25, 0.3) is 10.4 Å². The number of carbonyl (C=O) groups is 2. The minimum Gasteiger partial charge on any atom is -0.390 e. The van der Waals surface area contributed by atoms with E-state index < -0.39 is 34.7 Å². The topological polar surface area (TPSA) is 95.4 Å². The van der Waals surface area contributed by atoms with Gasteiger partial charge in [0.1, 0.15) is 11.5 Å². The Morgan fingerprint density at radius 1 is 1.24 bits per heavy atom. The summed E-state index contributed by atoms with van der Waals surface area (Å²) in [6, 6.07) is 0.854. The van der Waals surface area contributed by atoms with E-state index in [1.165, 1.54) is 0 Å². The zero-order valence-electron chi connectivity index (χ0n) is 21.7. The number of hydrogen-bond acceptors (Lipinski definition) is 7. The van der Waals surface area contributed by atoms with Gasteiger partial charge >= 0.3 is 6.18 Å². The summed E-state index contributed by atoms with van der Waals surface area (Å²) in [6.07, 6.45) is -0.904. The number of anilines is 1. The lowest BCUT2D eigenvalue weighted by Gasteiger charge is -2.23. The standard InChI is InChI=1S/C26H33F3N4O3S/c1-14-7-6-10-33(14)23(35)19-21(37-22(31-19)20(34)15-8-9-25(5,36)12-15)16-13-30-18(32-24(2,3)4)11-17(16)26(27,28)29/h11,13-15,36H,6-10,12H2,1-5H3,(H,30,32)/t14-,15?,25+/m0/s1. The molecule has 3 heterocycles. The van der Waals surface area contributed by atoms with Crippen LogP contribution in [0.1, 0.15) is 92.6 Å². The van der Waals surface area contributed by atoms with Crippen LogP contribution in [0.2, 0.25) is 0 Å². The minimum absolute atomic E-state index is 0.0145. The average Bonchev–Trinajstić information content (AvgIpc) is 3.49. The number of thiazole rings is 1. The van der Waals surface area contributed by atoms with Gasteiger partial charge in [-0.1, -0.05) is 0 Å². The fraction of sp³-hybridized carbons (Fsp3) is 0.615. The van der Waals surface area contributed by atoms with Crippen LogP contribution in [-0.2, 0) is 6.18 Å². The van der Waals surface area contributed by atoms with E-state index in [0.717, 1.165) is 36.4 Å². The SMILES string of the molecule is C[C@H]1CCCN1C(=O)c1nc(C(=O)C2CC[C@@](C)(O)C2)sc1-c1cnc(NC(C)(C)C)cc1C(F)(F)F. The number of rotatable bonds is 5. The molecule has 1 unspecified atom stereocenters. The Hall–Kier alpha value is -2.53. The maximum absolute atomic E-state index is 14.3. The van der Waals surface area contributed by atoms with Crippen molar-refractivity contribution in [2.24, 2.45) is 5.92 Å². The number of alkyl halides is 3. The van der Waals surface area contributed by atoms with Crippen molar-refractivity contribution >= 4 is 28.8 Å². The van der Waals surface area contributed by atoms with E-state index in [-0.39, 0.29) is 45.2 Å². The highest BCUT2D eigenvalue weighted by molar-refractivity contribution is 7.17. The number of ketones is 1. The molecule has 1 aliphatic carbocycles. The Bertz CT molecular complexity index is 1200. The molecule has 2 aromatic heterocycles. The third-order valence-corrected chi connectivity index (χ3v) is 8.00. The lowest BCUT2D eigenvalue weighted by atomic mass is 9.99. The molecule has 1 amide bonds. The number of nitrogens with zero attached hydrogens (tertiary/aromatic N) is 3. The second-order valence-corrected chi connectivity index (χ2v) is 12.5. The molecule has 2 aromatic rings. The van der Waals surface area contributed by atoms with Crippen molar-refractivity contribution in [2.45, 2.75) is 90.1 Å². The zero-order valence-corrected chi connectivity index (χ0v) is 22.5. The van der Waals surface area contributed by atoms with Crippen LogP contribution in [0.15, 0.2) is 12.3 Å². The maximum atomic E-state index is 14.3. The second kappa shape index (κ2) is 9.65. The van der Waals surface area contributed by atoms with Crippen LogP contribution < -0.4 is 5.32 Å². The van der Waals surface area contributed by atoms with Gasteiger partial charge in [0.25, 0.3) is 5.91 Å². The molecular weight excluding hydrogens is 505 g/mol. The van der Waals surface area contributed by atoms with Crippen molar-refractivity contribution in [1.82, 2.24) is 14.9 Å². The van der Waals surface area contributed by atoms with Gasteiger partial charge in [0.2, 0.25) is 0 Å². The number of halogens is 3. The summed E-state index contributed by atoms with van der Waals surface area (Å²) in [5.41, 5.74) is -2.89. The monoisotopic (exact) mass is 538 g/mol. The van der Waals surface area contributed by atoms with Crippen molar-refractivity contribution in [3.63, 3.8) is 0 Å². The molecule has 37 heavy (non-hydrogen) atoms.